The molecule has 1 unspecified atom stereocenters. The van der Waals surface area contributed by atoms with Gasteiger partial charge < -0.3 is 10.5 Å². The molecule has 84 valence electrons. The Morgan fingerprint density at radius 1 is 1.73 bits per heavy atom. The lowest BCUT2D eigenvalue weighted by Gasteiger charge is -1.99. The maximum absolute atomic E-state index is 11.1. The third kappa shape index (κ3) is 3.97. The van der Waals surface area contributed by atoms with Crippen molar-refractivity contribution in [3.05, 3.63) is 16.1 Å². The fourth-order valence-corrected chi connectivity index (χ4v) is 1.92. The van der Waals surface area contributed by atoms with E-state index in [0.29, 0.717) is 19.4 Å². The molecule has 1 aromatic rings. The van der Waals surface area contributed by atoms with E-state index in [0.717, 1.165) is 10.7 Å². The number of rotatable bonds is 5. The highest BCUT2D eigenvalue weighted by atomic mass is 32.1. The van der Waals surface area contributed by atoms with Crippen molar-refractivity contribution in [3.63, 3.8) is 0 Å². The van der Waals surface area contributed by atoms with Gasteiger partial charge in [-0.05, 0) is 13.8 Å². The van der Waals surface area contributed by atoms with Crippen LogP contribution in [0, 0.1) is 0 Å². The van der Waals surface area contributed by atoms with Crippen molar-refractivity contribution in [2.24, 2.45) is 5.73 Å². The summed E-state index contributed by atoms with van der Waals surface area (Å²) < 4.78 is 4.83. The summed E-state index contributed by atoms with van der Waals surface area (Å²) in [5.74, 6) is -0.173. The first-order chi connectivity index (χ1) is 7.13. The number of hydrogen-bond acceptors (Lipinski definition) is 5. The van der Waals surface area contributed by atoms with E-state index >= 15 is 0 Å². The minimum atomic E-state index is -0.173. The molecule has 0 amide bonds. The maximum Gasteiger partial charge on any atom is 0.306 e. The Bertz CT molecular complexity index is 323. The summed E-state index contributed by atoms with van der Waals surface area (Å²) >= 11 is 1.53. The molecule has 0 aliphatic carbocycles. The molecule has 0 radical (unpaired) electrons. The molecule has 0 saturated heterocycles. The highest BCUT2D eigenvalue weighted by Gasteiger charge is 2.08. The SMILES string of the molecule is CCOC(=O)CCc1csc(C(C)N)n1. The summed E-state index contributed by atoms with van der Waals surface area (Å²) in [6.45, 7) is 4.13. The lowest BCUT2D eigenvalue weighted by Crippen LogP contribution is -2.06. The lowest BCUT2D eigenvalue weighted by atomic mass is 10.2. The average Bonchev–Trinajstić information content (AvgIpc) is 2.63. The molecule has 0 aromatic carbocycles. The van der Waals surface area contributed by atoms with Crippen LogP contribution in [0.5, 0.6) is 0 Å². The Labute approximate surface area is 93.5 Å². The third-order valence-electron chi connectivity index (χ3n) is 1.85. The summed E-state index contributed by atoms with van der Waals surface area (Å²) in [4.78, 5) is 15.4. The number of hydrogen-bond donors (Lipinski definition) is 1. The van der Waals surface area contributed by atoms with E-state index in [1.54, 1.807) is 6.92 Å². The van der Waals surface area contributed by atoms with Crippen LogP contribution in [0.3, 0.4) is 0 Å². The molecule has 0 spiro atoms. The number of carbonyl (C=O) groups is 1. The van der Waals surface area contributed by atoms with E-state index < -0.39 is 0 Å². The Kier molecular flexibility index (Phi) is 4.71. The van der Waals surface area contributed by atoms with Crippen LogP contribution in [0.25, 0.3) is 0 Å². The van der Waals surface area contributed by atoms with Gasteiger partial charge in [0.2, 0.25) is 0 Å². The maximum atomic E-state index is 11.1. The zero-order chi connectivity index (χ0) is 11.3. The van der Waals surface area contributed by atoms with Crippen molar-refractivity contribution in [1.29, 1.82) is 0 Å². The van der Waals surface area contributed by atoms with Gasteiger partial charge in [0.25, 0.3) is 0 Å². The van der Waals surface area contributed by atoms with Crippen LogP contribution in [0.15, 0.2) is 5.38 Å². The van der Waals surface area contributed by atoms with Crippen molar-refractivity contribution >= 4 is 17.3 Å². The van der Waals surface area contributed by atoms with E-state index in [1.807, 2.05) is 12.3 Å². The minimum Gasteiger partial charge on any atom is -0.466 e. The molecule has 15 heavy (non-hydrogen) atoms. The van der Waals surface area contributed by atoms with E-state index in [4.69, 9.17) is 10.5 Å². The Hall–Kier alpha value is -0.940. The van der Waals surface area contributed by atoms with E-state index in [9.17, 15) is 4.79 Å². The van der Waals surface area contributed by atoms with Gasteiger partial charge in [0.15, 0.2) is 0 Å². The van der Waals surface area contributed by atoms with Gasteiger partial charge in [0, 0.05) is 11.8 Å². The summed E-state index contributed by atoms with van der Waals surface area (Å²) in [7, 11) is 0. The van der Waals surface area contributed by atoms with Crippen LogP contribution in [0.1, 0.15) is 37.0 Å². The molecule has 1 aromatic heterocycles. The smallest absolute Gasteiger partial charge is 0.306 e. The summed E-state index contributed by atoms with van der Waals surface area (Å²) in [6.07, 6.45) is 1.01. The predicted octanol–water partition coefficient (Wildman–Crippen LogP) is 1.66. The topological polar surface area (TPSA) is 65.2 Å². The second kappa shape index (κ2) is 5.82. The number of nitrogens with two attached hydrogens (primary N) is 1. The zero-order valence-electron chi connectivity index (χ0n) is 9.03. The summed E-state index contributed by atoms with van der Waals surface area (Å²) in [5, 5.41) is 2.85. The first-order valence-electron chi connectivity index (χ1n) is 4.99. The quantitative estimate of drug-likeness (QED) is 0.778. The van der Waals surface area contributed by atoms with Crippen LogP contribution >= 0.6 is 11.3 Å². The Morgan fingerprint density at radius 3 is 3.00 bits per heavy atom. The largest absolute Gasteiger partial charge is 0.466 e. The van der Waals surface area contributed by atoms with Gasteiger partial charge in [-0.15, -0.1) is 11.3 Å². The molecule has 0 aliphatic rings. The van der Waals surface area contributed by atoms with Crippen molar-refractivity contribution in [2.75, 3.05) is 6.61 Å². The third-order valence-corrected chi connectivity index (χ3v) is 2.94. The molecule has 0 saturated carbocycles. The standard InChI is InChI=1S/C10H16N2O2S/c1-3-14-9(13)5-4-8-6-15-10(12-8)7(2)11/h6-7H,3-5,11H2,1-2H3. The molecule has 4 nitrogen and oxygen atoms in total. The number of aromatic nitrogens is 1. The van der Waals surface area contributed by atoms with Crippen LogP contribution < -0.4 is 5.73 Å². The second-order valence-corrected chi connectivity index (χ2v) is 4.16. The first kappa shape index (κ1) is 12.1. The van der Waals surface area contributed by atoms with Gasteiger partial charge in [-0.2, -0.15) is 0 Å². The van der Waals surface area contributed by atoms with Gasteiger partial charge in [-0.1, -0.05) is 0 Å². The highest BCUT2D eigenvalue weighted by Crippen LogP contribution is 2.16. The second-order valence-electron chi connectivity index (χ2n) is 3.27. The van der Waals surface area contributed by atoms with Crippen molar-refractivity contribution in [3.8, 4) is 0 Å². The number of carbonyl (C=O) groups excluding carboxylic acids is 1. The number of nitrogens with zero attached hydrogens (tertiary/aromatic N) is 1. The lowest BCUT2D eigenvalue weighted by molar-refractivity contribution is -0.143. The monoisotopic (exact) mass is 228 g/mol. The van der Waals surface area contributed by atoms with Crippen molar-refractivity contribution in [2.45, 2.75) is 32.7 Å². The van der Waals surface area contributed by atoms with Gasteiger partial charge in [0.05, 0.1) is 24.8 Å². The van der Waals surface area contributed by atoms with Gasteiger partial charge in [-0.3, -0.25) is 4.79 Å². The van der Waals surface area contributed by atoms with Crippen molar-refractivity contribution in [1.82, 2.24) is 4.98 Å². The van der Waals surface area contributed by atoms with Gasteiger partial charge in [-0.25, -0.2) is 4.98 Å². The molecular weight excluding hydrogens is 212 g/mol. The Balaban J connectivity index is 2.41. The highest BCUT2D eigenvalue weighted by molar-refractivity contribution is 7.09. The average molecular weight is 228 g/mol. The summed E-state index contributed by atoms with van der Waals surface area (Å²) in [6, 6.07) is -0.0358. The normalized spacial score (nSPS) is 12.5. The number of aryl methyl sites for hydroxylation is 1. The fourth-order valence-electron chi connectivity index (χ4n) is 1.11. The fraction of sp³-hybridized carbons (Fsp3) is 0.600. The molecule has 0 fully saturated rings. The van der Waals surface area contributed by atoms with Crippen LogP contribution in [0.4, 0.5) is 0 Å². The minimum absolute atomic E-state index is 0.0358. The molecule has 1 rings (SSSR count). The van der Waals surface area contributed by atoms with Gasteiger partial charge in [0.1, 0.15) is 5.01 Å². The molecular formula is C10H16N2O2S. The van der Waals surface area contributed by atoms with Gasteiger partial charge >= 0.3 is 5.97 Å². The first-order valence-corrected chi connectivity index (χ1v) is 5.87. The van der Waals surface area contributed by atoms with Crippen LogP contribution in [-0.2, 0) is 16.0 Å². The van der Waals surface area contributed by atoms with Crippen LogP contribution in [0.2, 0.25) is 0 Å². The van der Waals surface area contributed by atoms with Crippen LogP contribution in [-0.4, -0.2) is 17.6 Å². The molecule has 1 atom stereocenters. The summed E-state index contributed by atoms with van der Waals surface area (Å²) in [5.41, 5.74) is 6.60. The molecule has 1 heterocycles. The van der Waals surface area contributed by atoms with E-state index in [1.165, 1.54) is 11.3 Å². The number of esters is 1. The molecule has 0 aliphatic heterocycles. The number of ether oxygens (including phenoxy) is 1. The Morgan fingerprint density at radius 2 is 2.47 bits per heavy atom. The number of thiazole rings is 1. The molecule has 5 heteroatoms. The van der Waals surface area contributed by atoms with E-state index in [-0.39, 0.29) is 12.0 Å². The zero-order valence-corrected chi connectivity index (χ0v) is 9.84. The van der Waals surface area contributed by atoms with E-state index in [2.05, 4.69) is 4.98 Å². The predicted molar refractivity (Wildman–Crippen MR) is 59.7 cm³/mol. The molecule has 0 bridgehead atoms. The van der Waals surface area contributed by atoms with Crippen molar-refractivity contribution < 1.29 is 9.53 Å². The molecule has 2 N–H and O–H groups in total.